The number of ether oxygens (including phenoxy) is 1. The summed E-state index contributed by atoms with van der Waals surface area (Å²) >= 11 is 0. The third kappa shape index (κ3) is 2.80. The summed E-state index contributed by atoms with van der Waals surface area (Å²) < 4.78 is 5.64. The molecular formula is C9H19NO. The minimum atomic E-state index is 0.535. The topological polar surface area (TPSA) is 21.3 Å². The lowest BCUT2D eigenvalue weighted by molar-refractivity contribution is 0.0574. The van der Waals surface area contributed by atoms with Crippen molar-refractivity contribution in [3.05, 3.63) is 0 Å². The van der Waals surface area contributed by atoms with E-state index in [1.807, 2.05) is 7.05 Å². The summed E-state index contributed by atoms with van der Waals surface area (Å²) in [6, 6.07) is 0.705. The molecule has 2 heteroatoms. The molecule has 2 atom stereocenters. The molecule has 0 bridgehead atoms. The first-order chi connectivity index (χ1) is 5.36. The Morgan fingerprint density at radius 2 is 2.27 bits per heavy atom. The summed E-state index contributed by atoms with van der Waals surface area (Å²) in [5, 5.41) is 3.29. The fraction of sp³-hybridized carbons (Fsp3) is 1.00. The molecule has 2 unspecified atom stereocenters. The van der Waals surface area contributed by atoms with Crippen molar-refractivity contribution in [3.8, 4) is 0 Å². The molecule has 0 spiro atoms. The van der Waals surface area contributed by atoms with Crippen LogP contribution in [0.4, 0.5) is 0 Å². The fourth-order valence-corrected chi connectivity index (χ4v) is 1.64. The van der Waals surface area contributed by atoms with Crippen LogP contribution in [-0.4, -0.2) is 25.8 Å². The zero-order valence-electron chi connectivity index (χ0n) is 7.60. The quantitative estimate of drug-likeness (QED) is 0.668. The molecule has 1 rings (SSSR count). The van der Waals surface area contributed by atoms with Crippen molar-refractivity contribution in [2.75, 3.05) is 13.7 Å². The first-order valence-corrected chi connectivity index (χ1v) is 4.65. The van der Waals surface area contributed by atoms with Gasteiger partial charge in [-0.3, -0.25) is 0 Å². The molecule has 11 heavy (non-hydrogen) atoms. The van der Waals surface area contributed by atoms with Gasteiger partial charge in [-0.05, 0) is 32.7 Å². The molecule has 1 fully saturated rings. The minimum Gasteiger partial charge on any atom is -0.378 e. The van der Waals surface area contributed by atoms with Gasteiger partial charge in [-0.25, -0.2) is 0 Å². The molecular weight excluding hydrogens is 138 g/mol. The van der Waals surface area contributed by atoms with Gasteiger partial charge in [0.05, 0.1) is 6.10 Å². The van der Waals surface area contributed by atoms with Crippen molar-refractivity contribution in [3.63, 3.8) is 0 Å². The Morgan fingerprint density at radius 1 is 1.45 bits per heavy atom. The zero-order chi connectivity index (χ0) is 8.10. The maximum atomic E-state index is 5.64. The van der Waals surface area contributed by atoms with E-state index in [9.17, 15) is 0 Å². The molecule has 0 aromatic rings. The molecule has 0 aromatic heterocycles. The minimum absolute atomic E-state index is 0.535. The molecule has 66 valence electrons. The summed E-state index contributed by atoms with van der Waals surface area (Å²) in [4.78, 5) is 0. The smallest absolute Gasteiger partial charge is 0.0590 e. The van der Waals surface area contributed by atoms with Crippen LogP contribution in [0.5, 0.6) is 0 Å². The first kappa shape index (κ1) is 9.01. The molecule has 2 nitrogen and oxygen atoms in total. The molecule has 1 aliphatic rings. The summed E-state index contributed by atoms with van der Waals surface area (Å²) in [6.45, 7) is 3.09. The lowest BCUT2D eigenvalue weighted by Crippen LogP contribution is -2.22. The maximum absolute atomic E-state index is 5.64. The summed E-state index contributed by atoms with van der Waals surface area (Å²) in [5.41, 5.74) is 0. The van der Waals surface area contributed by atoms with Gasteiger partial charge in [-0.1, -0.05) is 6.92 Å². The number of hydrogen-bond acceptors (Lipinski definition) is 2. The highest BCUT2D eigenvalue weighted by Gasteiger charge is 2.23. The molecule has 1 saturated carbocycles. The molecule has 0 radical (unpaired) electrons. The number of nitrogens with one attached hydrogen (secondary N) is 1. The Balaban J connectivity index is 2.09. The summed E-state index contributed by atoms with van der Waals surface area (Å²) in [6.07, 6.45) is 5.40. The van der Waals surface area contributed by atoms with Crippen molar-refractivity contribution in [1.29, 1.82) is 0 Å². The van der Waals surface area contributed by atoms with E-state index >= 15 is 0 Å². The van der Waals surface area contributed by atoms with Crippen LogP contribution in [0, 0.1) is 0 Å². The van der Waals surface area contributed by atoms with Crippen LogP contribution in [0.15, 0.2) is 0 Å². The maximum Gasteiger partial charge on any atom is 0.0590 e. The predicted molar refractivity (Wildman–Crippen MR) is 46.7 cm³/mol. The fourth-order valence-electron chi connectivity index (χ4n) is 1.64. The average Bonchev–Trinajstić information content (AvgIpc) is 2.48. The van der Waals surface area contributed by atoms with E-state index < -0.39 is 0 Å². The Morgan fingerprint density at radius 3 is 2.82 bits per heavy atom. The second kappa shape index (κ2) is 4.73. The van der Waals surface area contributed by atoms with E-state index in [2.05, 4.69) is 12.2 Å². The zero-order valence-corrected chi connectivity index (χ0v) is 7.60. The van der Waals surface area contributed by atoms with Gasteiger partial charge in [0.2, 0.25) is 0 Å². The average molecular weight is 157 g/mol. The van der Waals surface area contributed by atoms with E-state index in [0.29, 0.717) is 12.1 Å². The van der Waals surface area contributed by atoms with Gasteiger partial charge < -0.3 is 10.1 Å². The predicted octanol–water partition coefficient (Wildman–Crippen LogP) is 1.55. The van der Waals surface area contributed by atoms with Crippen molar-refractivity contribution in [2.24, 2.45) is 0 Å². The highest BCUT2D eigenvalue weighted by atomic mass is 16.5. The van der Waals surface area contributed by atoms with Crippen molar-refractivity contribution in [2.45, 2.75) is 44.8 Å². The molecule has 1 aliphatic carbocycles. The third-order valence-electron chi connectivity index (χ3n) is 2.35. The van der Waals surface area contributed by atoms with Gasteiger partial charge in [0.25, 0.3) is 0 Å². The standard InChI is InChI=1S/C9H19NO/c1-3-6-11-9-5-4-8(7-9)10-2/h8-10H,3-7H2,1-2H3. The normalized spacial score (nSPS) is 31.1. The highest BCUT2D eigenvalue weighted by Crippen LogP contribution is 2.21. The van der Waals surface area contributed by atoms with Gasteiger partial charge in [0.15, 0.2) is 0 Å². The van der Waals surface area contributed by atoms with Gasteiger partial charge >= 0.3 is 0 Å². The third-order valence-corrected chi connectivity index (χ3v) is 2.35. The van der Waals surface area contributed by atoms with E-state index in [-0.39, 0.29) is 0 Å². The van der Waals surface area contributed by atoms with Crippen molar-refractivity contribution >= 4 is 0 Å². The molecule has 0 heterocycles. The van der Waals surface area contributed by atoms with E-state index in [1.54, 1.807) is 0 Å². The van der Waals surface area contributed by atoms with Gasteiger partial charge in [-0.2, -0.15) is 0 Å². The summed E-state index contributed by atoms with van der Waals surface area (Å²) in [7, 11) is 2.03. The monoisotopic (exact) mass is 157 g/mol. The molecule has 1 N–H and O–H groups in total. The number of hydrogen-bond donors (Lipinski definition) is 1. The van der Waals surface area contributed by atoms with Crippen LogP contribution in [-0.2, 0) is 4.74 Å². The number of rotatable bonds is 4. The van der Waals surface area contributed by atoms with E-state index in [0.717, 1.165) is 13.0 Å². The Hall–Kier alpha value is -0.0800. The second-order valence-electron chi connectivity index (χ2n) is 3.29. The van der Waals surface area contributed by atoms with E-state index in [4.69, 9.17) is 4.74 Å². The van der Waals surface area contributed by atoms with Crippen LogP contribution >= 0.6 is 0 Å². The SMILES string of the molecule is CCCOC1CCC(NC)C1. The molecule has 0 saturated heterocycles. The molecule has 0 aliphatic heterocycles. The van der Waals surface area contributed by atoms with Gasteiger partial charge in [0, 0.05) is 12.6 Å². The van der Waals surface area contributed by atoms with Gasteiger partial charge in [0.1, 0.15) is 0 Å². The van der Waals surface area contributed by atoms with E-state index in [1.165, 1.54) is 19.3 Å². The highest BCUT2D eigenvalue weighted by molar-refractivity contribution is 4.79. The largest absolute Gasteiger partial charge is 0.378 e. The lowest BCUT2D eigenvalue weighted by atomic mass is 10.2. The second-order valence-corrected chi connectivity index (χ2v) is 3.29. The summed E-state index contributed by atoms with van der Waals surface area (Å²) in [5.74, 6) is 0. The van der Waals surface area contributed by atoms with Crippen LogP contribution in [0.25, 0.3) is 0 Å². The Kier molecular flexibility index (Phi) is 3.87. The van der Waals surface area contributed by atoms with Crippen molar-refractivity contribution < 1.29 is 4.74 Å². The van der Waals surface area contributed by atoms with Gasteiger partial charge in [-0.15, -0.1) is 0 Å². The van der Waals surface area contributed by atoms with Crippen LogP contribution in [0.1, 0.15) is 32.6 Å². The van der Waals surface area contributed by atoms with Crippen LogP contribution in [0.2, 0.25) is 0 Å². The molecule has 0 aromatic carbocycles. The van der Waals surface area contributed by atoms with Crippen LogP contribution < -0.4 is 5.32 Å². The van der Waals surface area contributed by atoms with Crippen molar-refractivity contribution in [1.82, 2.24) is 5.32 Å². The molecule has 0 amide bonds. The Labute approximate surface area is 69.3 Å². The Bertz CT molecular complexity index is 106. The van der Waals surface area contributed by atoms with Crippen LogP contribution in [0.3, 0.4) is 0 Å². The lowest BCUT2D eigenvalue weighted by Gasteiger charge is -2.10. The first-order valence-electron chi connectivity index (χ1n) is 4.65.